The van der Waals surface area contributed by atoms with E-state index < -0.39 is 6.04 Å². The fourth-order valence-corrected chi connectivity index (χ4v) is 3.01. The predicted molar refractivity (Wildman–Crippen MR) is 101 cm³/mol. The third-order valence-corrected chi connectivity index (χ3v) is 4.36. The van der Waals surface area contributed by atoms with Gasteiger partial charge in [0.15, 0.2) is 0 Å². The zero-order valence-corrected chi connectivity index (χ0v) is 15.0. The summed E-state index contributed by atoms with van der Waals surface area (Å²) in [4.78, 5) is 26.2. The summed E-state index contributed by atoms with van der Waals surface area (Å²) in [6, 6.07) is 16.7. The lowest BCUT2D eigenvalue weighted by molar-refractivity contribution is -0.121. The summed E-state index contributed by atoms with van der Waals surface area (Å²) in [7, 11) is 0. The van der Waals surface area contributed by atoms with Crippen molar-refractivity contribution in [1.29, 1.82) is 0 Å². The Balaban J connectivity index is 1.58. The first-order valence-corrected chi connectivity index (χ1v) is 9.06. The smallest absolute Gasteiger partial charge is 0.251 e. The molecule has 0 aliphatic carbocycles. The fraction of sp³-hybridized carbons (Fsp3) is 0.333. The topological polar surface area (TPSA) is 58.6 Å². The first kappa shape index (κ1) is 18.1. The molecule has 5 heteroatoms. The van der Waals surface area contributed by atoms with Crippen molar-refractivity contribution in [2.24, 2.45) is 0 Å². The second-order valence-corrected chi connectivity index (χ2v) is 6.36. The van der Waals surface area contributed by atoms with Gasteiger partial charge < -0.3 is 10.1 Å². The van der Waals surface area contributed by atoms with E-state index >= 15 is 0 Å². The highest BCUT2D eigenvalue weighted by Gasteiger charge is 2.39. The van der Waals surface area contributed by atoms with E-state index in [1.807, 2.05) is 25.1 Å². The number of carbonyl (C=O) groups excluding carboxylic acids is 2. The molecule has 3 rings (SSSR count). The molecule has 1 aliphatic heterocycles. The lowest BCUT2D eigenvalue weighted by Gasteiger charge is -2.16. The van der Waals surface area contributed by atoms with E-state index in [-0.39, 0.29) is 18.2 Å². The van der Waals surface area contributed by atoms with Crippen LogP contribution in [0.3, 0.4) is 0 Å². The van der Waals surface area contributed by atoms with E-state index in [4.69, 9.17) is 4.74 Å². The fourth-order valence-electron chi connectivity index (χ4n) is 3.01. The van der Waals surface area contributed by atoms with Gasteiger partial charge in [-0.25, -0.2) is 4.90 Å². The average molecular weight is 352 g/mol. The molecule has 1 aliphatic rings. The van der Waals surface area contributed by atoms with Gasteiger partial charge in [0.05, 0.1) is 24.8 Å². The molecule has 1 fully saturated rings. The molecular weight excluding hydrogens is 328 g/mol. The van der Waals surface area contributed by atoms with Crippen LogP contribution in [0.4, 0.5) is 5.69 Å². The quantitative estimate of drug-likeness (QED) is 0.742. The second kappa shape index (κ2) is 8.63. The Labute approximate surface area is 154 Å². The zero-order valence-electron chi connectivity index (χ0n) is 15.0. The summed E-state index contributed by atoms with van der Waals surface area (Å²) in [6.07, 6.45) is 1.95. The molecule has 1 atom stereocenters. The van der Waals surface area contributed by atoms with Gasteiger partial charge in [0.2, 0.25) is 5.91 Å². The van der Waals surface area contributed by atoms with Crippen LogP contribution in [0.25, 0.3) is 0 Å². The summed E-state index contributed by atoms with van der Waals surface area (Å²) < 4.78 is 5.54. The van der Waals surface area contributed by atoms with E-state index in [0.29, 0.717) is 18.8 Å². The molecule has 2 aromatic rings. The molecule has 0 bridgehead atoms. The molecule has 1 unspecified atom stereocenters. The largest absolute Gasteiger partial charge is 0.494 e. The van der Waals surface area contributed by atoms with Crippen molar-refractivity contribution in [2.45, 2.75) is 32.2 Å². The van der Waals surface area contributed by atoms with Crippen LogP contribution >= 0.6 is 0 Å². The van der Waals surface area contributed by atoms with Crippen LogP contribution in [0.15, 0.2) is 54.6 Å². The van der Waals surface area contributed by atoms with Crippen molar-refractivity contribution >= 4 is 17.5 Å². The van der Waals surface area contributed by atoms with Gasteiger partial charge >= 0.3 is 0 Å². The molecule has 1 saturated heterocycles. The van der Waals surface area contributed by atoms with E-state index in [1.165, 1.54) is 10.5 Å². The molecule has 2 aromatic carbocycles. The first-order chi connectivity index (χ1) is 12.7. The minimum atomic E-state index is -0.456. The van der Waals surface area contributed by atoms with E-state index in [0.717, 1.165) is 18.6 Å². The molecule has 0 spiro atoms. The van der Waals surface area contributed by atoms with Crippen molar-refractivity contribution in [3.8, 4) is 5.75 Å². The Morgan fingerprint density at radius 2 is 1.81 bits per heavy atom. The summed E-state index contributed by atoms with van der Waals surface area (Å²) >= 11 is 0. The summed E-state index contributed by atoms with van der Waals surface area (Å²) in [5.74, 6) is 0.381. The average Bonchev–Trinajstić information content (AvgIpc) is 2.95. The molecule has 1 heterocycles. The number of nitrogens with one attached hydrogen (secondary N) is 1. The first-order valence-electron chi connectivity index (χ1n) is 9.06. The van der Waals surface area contributed by atoms with Crippen molar-refractivity contribution in [3.05, 3.63) is 60.2 Å². The molecule has 136 valence electrons. The van der Waals surface area contributed by atoms with Crippen molar-refractivity contribution in [3.63, 3.8) is 0 Å². The summed E-state index contributed by atoms with van der Waals surface area (Å²) in [6.45, 7) is 3.35. The lowest BCUT2D eigenvalue weighted by atomic mass is 10.1. The highest BCUT2D eigenvalue weighted by molar-refractivity contribution is 6.22. The van der Waals surface area contributed by atoms with Gasteiger partial charge in [0, 0.05) is 0 Å². The number of rotatable bonds is 8. The number of ether oxygens (including phenoxy) is 1. The maximum absolute atomic E-state index is 12.6. The lowest BCUT2D eigenvalue weighted by Crippen LogP contribution is -2.39. The molecule has 0 saturated carbocycles. The third-order valence-electron chi connectivity index (χ3n) is 4.36. The van der Waals surface area contributed by atoms with Gasteiger partial charge in [0.1, 0.15) is 5.75 Å². The Bertz CT molecular complexity index is 744. The number of nitrogens with zero attached hydrogens (tertiary/aromatic N) is 1. The summed E-state index contributed by atoms with van der Waals surface area (Å²) in [5, 5.41) is 3.21. The third kappa shape index (κ3) is 4.29. The van der Waals surface area contributed by atoms with Crippen molar-refractivity contribution in [1.82, 2.24) is 5.32 Å². The van der Waals surface area contributed by atoms with Crippen LogP contribution in [-0.2, 0) is 16.0 Å². The highest BCUT2D eigenvalue weighted by atomic mass is 16.5. The molecule has 0 aromatic heterocycles. The highest BCUT2D eigenvalue weighted by Crippen LogP contribution is 2.25. The van der Waals surface area contributed by atoms with E-state index in [2.05, 4.69) is 17.4 Å². The molecule has 2 amide bonds. The van der Waals surface area contributed by atoms with Crippen LogP contribution < -0.4 is 15.0 Å². The molecule has 5 nitrogen and oxygen atoms in total. The number of anilines is 1. The number of hydrogen-bond donors (Lipinski definition) is 1. The number of hydrogen-bond acceptors (Lipinski definition) is 4. The second-order valence-electron chi connectivity index (χ2n) is 6.36. The Morgan fingerprint density at radius 1 is 1.08 bits per heavy atom. The van der Waals surface area contributed by atoms with Crippen LogP contribution in [0, 0.1) is 0 Å². The van der Waals surface area contributed by atoms with Crippen molar-refractivity contribution < 1.29 is 14.3 Å². The molecule has 0 radical (unpaired) electrons. The standard InChI is InChI=1S/C21H24N2O3/c1-2-14-26-18-10-8-17(9-11-18)23-20(24)15-19(21(23)25)22-13-12-16-6-4-3-5-7-16/h3-11,19,22H,2,12-15H2,1H3. The maximum atomic E-state index is 12.6. The number of carbonyl (C=O) groups is 2. The minimum absolute atomic E-state index is 0.172. The van der Waals surface area contributed by atoms with Gasteiger partial charge in [0.25, 0.3) is 5.91 Å². The van der Waals surface area contributed by atoms with E-state index in [1.54, 1.807) is 24.3 Å². The maximum Gasteiger partial charge on any atom is 0.251 e. The normalized spacial score (nSPS) is 17.0. The number of amides is 2. The van der Waals surface area contributed by atoms with Crippen LogP contribution in [-0.4, -0.2) is 31.0 Å². The van der Waals surface area contributed by atoms with Crippen molar-refractivity contribution in [2.75, 3.05) is 18.1 Å². The van der Waals surface area contributed by atoms with Gasteiger partial charge in [-0.3, -0.25) is 9.59 Å². The number of benzene rings is 2. The predicted octanol–water partition coefficient (Wildman–Crippen LogP) is 2.94. The SMILES string of the molecule is CCCOc1ccc(N2C(=O)CC(NCCc3ccccc3)C2=O)cc1. The van der Waals surface area contributed by atoms with Gasteiger partial charge in [-0.1, -0.05) is 37.3 Å². The molecule has 1 N–H and O–H groups in total. The monoisotopic (exact) mass is 352 g/mol. The van der Waals surface area contributed by atoms with Crippen LogP contribution in [0.5, 0.6) is 5.75 Å². The number of imide groups is 1. The summed E-state index contributed by atoms with van der Waals surface area (Å²) in [5.41, 5.74) is 1.80. The minimum Gasteiger partial charge on any atom is -0.494 e. The molecular formula is C21H24N2O3. The van der Waals surface area contributed by atoms with Gasteiger partial charge in [-0.05, 0) is 49.2 Å². The van der Waals surface area contributed by atoms with Gasteiger partial charge in [-0.15, -0.1) is 0 Å². The Morgan fingerprint density at radius 3 is 2.50 bits per heavy atom. The van der Waals surface area contributed by atoms with Crippen LogP contribution in [0.1, 0.15) is 25.3 Å². The van der Waals surface area contributed by atoms with Crippen LogP contribution in [0.2, 0.25) is 0 Å². The molecule has 26 heavy (non-hydrogen) atoms. The zero-order chi connectivity index (χ0) is 18.4. The Hall–Kier alpha value is -2.66. The Kier molecular flexibility index (Phi) is 6.02. The van der Waals surface area contributed by atoms with Gasteiger partial charge in [-0.2, -0.15) is 0 Å². The van der Waals surface area contributed by atoms with E-state index in [9.17, 15) is 9.59 Å².